The predicted molar refractivity (Wildman–Crippen MR) is 109 cm³/mol. The molecule has 0 amide bonds. The molecule has 9 nitrogen and oxygen atoms in total. The summed E-state index contributed by atoms with van der Waals surface area (Å²) in [6.07, 6.45) is 4.18. The Morgan fingerprint density at radius 3 is 2.87 bits per heavy atom. The highest BCUT2D eigenvalue weighted by Crippen LogP contribution is 2.35. The van der Waals surface area contributed by atoms with E-state index in [0.717, 1.165) is 62.3 Å². The molecule has 3 aromatic rings. The molecule has 1 saturated heterocycles. The Kier molecular flexibility index (Phi) is 3.21. The lowest BCUT2D eigenvalue weighted by Crippen LogP contribution is -2.39. The maximum absolute atomic E-state index is 12.1. The second-order valence-corrected chi connectivity index (χ2v) is 7.70. The maximum atomic E-state index is 12.1. The summed E-state index contributed by atoms with van der Waals surface area (Å²) < 4.78 is 49.0. The van der Waals surface area contributed by atoms with Gasteiger partial charge < -0.3 is 19.1 Å². The Morgan fingerprint density at radius 1 is 1.17 bits per heavy atom. The number of hydrogen-bond acceptors (Lipinski definition) is 7. The molecule has 0 unspecified atom stereocenters. The van der Waals surface area contributed by atoms with Crippen LogP contribution in [0.15, 0.2) is 23.0 Å². The van der Waals surface area contributed by atoms with Crippen LogP contribution >= 0.6 is 0 Å². The van der Waals surface area contributed by atoms with Gasteiger partial charge in [-0.3, -0.25) is 0 Å². The molecule has 4 heterocycles. The molecular weight excluding hydrogens is 386 g/mol. The number of H-pyrrole nitrogens is 1. The molecule has 156 valence electrons. The molecule has 1 aromatic carbocycles. The Bertz CT molecular complexity index is 1330. The molecule has 0 saturated carbocycles. The van der Waals surface area contributed by atoms with Crippen molar-refractivity contribution < 1.29 is 19.7 Å². The molecule has 2 aliphatic heterocycles. The fraction of sp³-hybridized carbons (Fsp3) is 0.476. The average Bonchev–Trinajstić information content (AvgIpc) is 3.41. The predicted octanol–water partition coefficient (Wildman–Crippen LogP) is 1.73. The first-order chi connectivity index (χ1) is 16.2. The number of nitrogens with zero attached hydrogens (tertiary/aromatic N) is 4. The normalized spacial score (nSPS) is 23.9. The van der Waals surface area contributed by atoms with Gasteiger partial charge in [0.05, 0.1) is 5.48 Å². The van der Waals surface area contributed by atoms with Gasteiger partial charge in [-0.05, 0) is 31.4 Å². The number of hydrogen-bond donors (Lipinski definition) is 1. The van der Waals surface area contributed by atoms with E-state index < -0.39 is 13.1 Å². The van der Waals surface area contributed by atoms with Gasteiger partial charge in [-0.1, -0.05) is 0 Å². The molecular formula is C21H23N5O4. The molecule has 1 N–H and O–H groups in total. The van der Waals surface area contributed by atoms with Crippen LogP contribution < -0.4 is 24.8 Å². The highest BCUT2D eigenvalue weighted by molar-refractivity contribution is 5.56. The Hall–Kier alpha value is -3.23. The first-order valence-corrected chi connectivity index (χ1v) is 10.1. The molecule has 1 fully saturated rings. The van der Waals surface area contributed by atoms with Gasteiger partial charge in [-0.15, -0.1) is 5.10 Å². The quantitative estimate of drug-likeness (QED) is 0.699. The number of rotatable bonds is 3. The van der Waals surface area contributed by atoms with Crippen LogP contribution in [-0.4, -0.2) is 51.9 Å². The van der Waals surface area contributed by atoms with Crippen LogP contribution in [0.2, 0.25) is 0 Å². The molecule has 1 aliphatic carbocycles. The standard InChI is InChI=1S/C21H23N5O4/c27-21-24-23-20-22-19(15-2-1-3-16(15)26(20)21)25-8-6-13(7-9-25)30-14-4-5-17-18(12-14)29-11-10-28-17/h4-5,12-13H,1-3,6-11H2,(H,24,27)/i10D2,11D2. The van der Waals surface area contributed by atoms with Crippen LogP contribution in [-0.2, 0) is 12.8 Å². The number of anilines is 1. The van der Waals surface area contributed by atoms with Crippen molar-refractivity contribution in [3.05, 3.63) is 39.9 Å². The van der Waals surface area contributed by atoms with Gasteiger partial charge in [-0.25, -0.2) is 14.3 Å². The van der Waals surface area contributed by atoms with Gasteiger partial charge in [0.15, 0.2) is 11.5 Å². The number of fused-ring (bicyclic) bond motifs is 4. The highest BCUT2D eigenvalue weighted by Gasteiger charge is 2.28. The number of piperidine rings is 1. The van der Waals surface area contributed by atoms with Crippen molar-refractivity contribution >= 4 is 11.6 Å². The van der Waals surface area contributed by atoms with Gasteiger partial charge in [0, 0.05) is 43.3 Å². The van der Waals surface area contributed by atoms with E-state index in [-0.39, 0.29) is 23.3 Å². The van der Waals surface area contributed by atoms with Crippen LogP contribution in [0.5, 0.6) is 17.2 Å². The van der Waals surface area contributed by atoms with Gasteiger partial charge in [-0.2, -0.15) is 4.98 Å². The molecule has 3 aliphatic rings. The lowest BCUT2D eigenvalue weighted by atomic mass is 10.1. The number of ether oxygens (including phenoxy) is 3. The molecule has 2 aromatic heterocycles. The van der Waals surface area contributed by atoms with E-state index in [4.69, 9.17) is 19.7 Å². The Balaban J connectivity index is 1.17. The third-order valence-corrected chi connectivity index (χ3v) is 5.91. The number of benzene rings is 1. The first-order valence-electron chi connectivity index (χ1n) is 12.1. The SMILES string of the molecule is [2H]C1([2H])Oc2ccc(OC3CCN(c4nc5n[nH]c(=O)n5c5c4CCC5)CC3)cc2OC1([2H])[2H]. The summed E-state index contributed by atoms with van der Waals surface area (Å²) in [7, 11) is 0. The summed E-state index contributed by atoms with van der Waals surface area (Å²) in [6.45, 7) is -3.72. The smallest absolute Gasteiger partial charge is 0.349 e. The zero-order valence-corrected chi connectivity index (χ0v) is 16.2. The Morgan fingerprint density at radius 2 is 2.00 bits per heavy atom. The van der Waals surface area contributed by atoms with Crippen LogP contribution in [0.1, 0.15) is 36.0 Å². The van der Waals surface area contributed by atoms with Crippen molar-refractivity contribution in [3.8, 4) is 17.2 Å². The van der Waals surface area contributed by atoms with Crippen molar-refractivity contribution in [3.63, 3.8) is 0 Å². The Labute approximate surface area is 178 Å². The molecule has 30 heavy (non-hydrogen) atoms. The van der Waals surface area contributed by atoms with Crippen molar-refractivity contribution in [2.45, 2.75) is 38.2 Å². The second-order valence-electron chi connectivity index (χ2n) is 7.70. The molecule has 0 bridgehead atoms. The molecule has 0 atom stereocenters. The minimum Gasteiger partial charge on any atom is -0.490 e. The van der Waals surface area contributed by atoms with Crippen LogP contribution in [0, 0.1) is 0 Å². The summed E-state index contributed by atoms with van der Waals surface area (Å²) in [4.78, 5) is 19.0. The first kappa shape index (κ1) is 13.9. The maximum Gasteiger partial charge on any atom is 0.349 e. The molecule has 0 radical (unpaired) electrons. The van der Waals surface area contributed by atoms with Crippen LogP contribution in [0.3, 0.4) is 0 Å². The van der Waals surface area contributed by atoms with E-state index in [9.17, 15) is 4.79 Å². The number of aromatic nitrogens is 4. The third kappa shape index (κ3) is 2.88. The minimum atomic E-state index is -2.61. The average molecular weight is 413 g/mol. The number of aryl methyl sites for hydroxylation is 1. The van der Waals surface area contributed by atoms with E-state index >= 15 is 0 Å². The topological polar surface area (TPSA) is 94.0 Å². The van der Waals surface area contributed by atoms with Crippen molar-refractivity contribution in [2.75, 3.05) is 31.1 Å². The van der Waals surface area contributed by atoms with E-state index in [1.54, 1.807) is 10.5 Å². The second kappa shape index (κ2) is 6.93. The zero-order chi connectivity index (χ0) is 23.7. The van der Waals surface area contributed by atoms with Gasteiger partial charge in [0.1, 0.15) is 30.8 Å². The lowest BCUT2D eigenvalue weighted by Gasteiger charge is -2.34. The summed E-state index contributed by atoms with van der Waals surface area (Å²) in [5.41, 5.74) is 1.87. The van der Waals surface area contributed by atoms with E-state index in [2.05, 4.69) is 20.1 Å². The molecule has 9 heteroatoms. The molecule has 6 rings (SSSR count). The summed E-state index contributed by atoms with van der Waals surface area (Å²) in [5.74, 6) is 2.05. The largest absolute Gasteiger partial charge is 0.490 e. The highest BCUT2D eigenvalue weighted by atomic mass is 16.6. The summed E-state index contributed by atoms with van der Waals surface area (Å²) in [6, 6.07) is 4.73. The van der Waals surface area contributed by atoms with Gasteiger partial charge >= 0.3 is 5.69 Å². The van der Waals surface area contributed by atoms with Crippen molar-refractivity contribution in [1.29, 1.82) is 0 Å². The van der Waals surface area contributed by atoms with Gasteiger partial charge in [0.2, 0.25) is 0 Å². The van der Waals surface area contributed by atoms with E-state index in [1.807, 2.05) is 0 Å². The van der Waals surface area contributed by atoms with E-state index in [1.165, 1.54) is 12.1 Å². The van der Waals surface area contributed by atoms with Crippen LogP contribution in [0.4, 0.5) is 5.82 Å². The minimum absolute atomic E-state index is 0.0493. The van der Waals surface area contributed by atoms with Crippen molar-refractivity contribution in [1.82, 2.24) is 19.6 Å². The van der Waals surface area contributed by atoms with Crippen LogP contribution in [0.25, 0.3) is 5.78 Å². The van der Waals surface area contributed by atoms with Crippen molar-refractivity contribution in [2.24, 2.45) is 0 Å². The summed E-state index contributed by atoms with van der Waals surface area (Å²) >= 11 is 0. The number of aromatic amines is 1. The third-order valence-electron chi connectivity index (χ3n) is 5.91. The summed E-state index contributed by atoms with van der Waals surface area (Å²) in [5, 5.41) is 6.56. The molecule has 0 spiro atoms. The fourth-order valence-corrected chi connectivity index (χ4v) is 4.50. The number of nitrogens with one attached hydrogen (secondary N) is 1. The van der Waals surface area contributed by atoms with E-state index in [0.29, 0.717) is 11.5 Å². The van der Waals surface area contributed by atoms with Gasteiger partial charge in [0.25, 0.3) is 5.78 Å². The lowest BCUT2D eigenvalue weighted by molar-refractivity contribution is 0.159. The zero-order valence-electron chi connectivity index (χ0n) is 20.2. The monoisotopic (exact) mass is 413 g/mol. The fourth-order valence-electron chi connectivity index (χ4n) is 4.50.